The molecule has 10 rings (SSSR count). The van der Waals surface area contributed by atoms with Gasteiger partial charge in [0.1, 0.15) is 18.2 Å². The molecule has 10 heteroatoms. The number of nitrogens with two attached hydrogens (primary N) is 1. The predicted octanol–water partition coefficient (Wildman–Crippen LogP) is 12.4. The molecule has 2 aromatic heterocycles. The molecule has 0 aliphatic heterocycles. The van der Waals surface area contributed by atoms with E-state index in [0.717, 1.165) is 101 Å². The van der Waals surface area contributed by atoms with Crippen LogP contribution in [0.1, 0.15) is 207 Å². The van der Waals surface area contributed by atoms with Gasteiger partial charge in [0.2, 0.25) is 0 Å². The molecule has 392 valence electrons. The number of esters is 2. The number of carbonyl (C=O) groups is 2. The topological polar surface area (TPSA) is 159 Å². The van der Waals surface area contributed by atoms with Crippen LogP contribution in [0.4, 0.5) is 0 Å². The van der Waals surface area contributed by atoms with Crippen LogP contribution in [0, 0.1) is 74.9 Å². The van der Waals surface area contributed by atoms with Crippen molar-refractivity contribution in [1.82, 2.24) is 0 Å². The molecular formula is C61H89NO9. The molecule has 0 saturated heterocycles. The van der Waals surface area contributed by atoms with Crippen molar-refractivity contribution in [1.29, 1.82) is 0 Å². The van der Waals surface area contributed by atoms with Gasteiger partial charge in [0, 0.05) is 17.5 Å². The number of fused-ring (bicyclic) bond motifs is 10. The minimum absolute atomic E-state index is 0.0204. The van der Waals surface area contributed by atoms with Crippen molar-refractivity contribution < 1.29 is 33.0 Å². The van der Waals surface area contributed by atoms with Crippen LogP contribution >= 0.6 is 0 Å². The second kappa shape index (κ2) is 20.0. The largest absolute Gasteiger partial charge is 0.462 e. The molecule has 8 aliphatic carbocycles. The van der Waals surface area contributed by atoms with Crippen molar-refractivity contribution in [3.05, 3.63) is 80.4 Å². The Kier molecular flexibility index (Phi) is 14.7. The minimum atomic E-state index is -0.680. The maximum Gasteiger partial charge on any atom is 0.335 e. The average molecular weight is 980 g/mol. The first-order valence-electron chi connectivity index (χ1n) is 28.4. The van der Waals surface area contributed by atoms with Gasteiger partial charge in [0.05, 0.1) is 24.0 Å². The van der Waals surface area contributed by atoms with Crippen molar-refractivity contribution in [3.8, 4) is 0 Å². The summed E-state index contributed by atoms with van der Waals surface area (Å²) < 4.78 is 22.4. The highest BCUT2D eigenvalue weighted by molar-refractivity contribution is 5.75. The van der Waals surface area contributed by atoms with Crippen molar-refractivity contribution >= 4 is 11.9 Å². The van der Waals surface area contributed by atoms with E-state index in [-0.39, 0.29) is 63.5 Å². The SMILES string of the molecule is CC(C)C[C@H](C)C(=O)O[C@H]1CC[C@@]2(C)[C@H](CC[C@@H]3[C@@H]2CC[C@]2(C)[C@@H](c4ccc(=O)oc4)CC[C@]32O)C1.CC(C)C[C@H](N)C(=O)O[C@H]1CC[C@@]2(C)[C@H](CC[C@H]3C4=CC[C@H](c5ccc(=O)oc5)[C@@]4(C)CC[C@@H]32)C1. The molecule has 0 bridgehead atoms. The minimum Gasteiger partial charge on any atom is -0.462 e. The van der Waals surface area contributed by atoms with Crippen LogP contribution in [0.25, 0.3) is 0 Å². The van der Waals surface area contributed by atoms with Gasteiger partial charge in [-0.1, -0.05) is 74.0 Å². The van der Waals surface area contributed by atoms with E-state index in [1.54, 1.807) is 24.2 Å². The van der Waals surface area contributed by atoms with Gasteiger partial charge in [-0.3, -0.25) is 9.59 Å². The maximum absolute atomic E-state index is 12.7. The molecule has 0 amide bonds. The lowest BCUT2D eigenvalue weighted by molar-refractivity contribution is -0.208. The Bertz CT molecular complexity index is 2360. The number of ether oxygens (including phenoxy) is 2. The number of carbonyl (C=O) groups excluding carboxylic acids is 2. The predicted molar refractivity (Wildman–Crippen MR) is 276 cm³/mol. The summed E-state index contributed by atoms with van der Waals surface area (Å²) in [7, 11) is 0. The van der Waals surface area contributed by atoms with Crippen molar-refractivity contribution in [2.24, 2.45) is 80.7 Å². The summed E-state index contributed by atoms with van der Waals surface area (Å²) in [6.45, 7) is 20.2. The Morgan fingerprint density at radius 1 is 0.648 bits per heavy atom. The summed E-state index contributed by atoms with van der Waals surface area (Å²) >= 11 is 0. The van der Waals surface area contributed by atoms with Gasteiger partial charge in [-0.25, -0.2) is 9.59 Å². The number of hydrogen-bond acceptors (Lipinski definition) is 10. The molecule has 0 unspecified atom stereocenters. The van der Waals surface area contributed by atoms with E-state index in [1.807, 2.05) is 19.1 Å². The van der Waals surface area contributed by atoms with Gasteiger partial charge in [-0.15, -0.1) is 0 Å². The monoisotopic (exact) mass is 980 g/mol. The molecular weight excluding hydrogens is 891 g/mol. The van der Waals surface area contributed by atoms with Gasteiger partial charge in [0.15, 0.2) is 0 Å². The Morgan fingerprint density at radius 3 is 1.80 bits per heavy atom. The summed E-state index contributed by atoms with van der Waals surface area (Å²) in [6, 6.07) is 6.45. The normalized spacial score (nSPS) is 41.1. The molecule has 8 aliphatic rings. The molecule has 0 spiro atoms. The molecule has 0 aromatic carbocycles. The third-order valence-electron chi connectivity index (χ3n) is 21.9. The lowest BCUT2D eigenvalue weighted by Crippen LogP contribution is -2.62. The van der Waals surface area contributed by atoms with Gasteiger partial charge in [-0.2, -0.15) is 0 Å². The van der Waals surface area contributed by atoms with Crippen molar-refractivity contribution in [3.63, 3.8) is 0 Å². The lowest BCUT2D eigenvalue weighted by Gasteiger charge is -2.63. The molecule has 0 radical (unpaired) electrons. The smallest absolute Gasteiger partial charge is 0.335 e. The second-order valence-electron chi connectivity index (χ2n) is 26.6. The third kappa shape index (κ3) is 9.52. The molecule has 2 aromatic rings. The second-order valence-corrected chi connectivity index (χ2v) is 26.6. The van der Waals surface area contributed by atoms with Crippen molar-refractivity contribution in [2.45, 2.75) is 220 Å². The highest BCUT2D eigenvalue weighted by Gasteiger charge is 2.67. The van der Waals surface area contributed by atoms with Gasteiger partial charge in [0.25, 0.3) is 0 Å². The fraction of sp³-hybridized carbons (Fsp3) is 0.770. The fourth-order valence-electron chi connectivity index (χ4n) is 18.1. The Balaban J connectivity index is 0.000000176. The van der Waals surface area contributed by atoms with E-state index >= 15 is 0 Å². The third-order valence-corrected chi connectivity index (χ3v) is 21.9. The Labute approximate surface area is 424 Å². The lowest BCUT2D eigenvalue weighted by atomic mass is 9.43. The van der Waals surface area contributed by atoms with Crippen LogP contribution in [0.3, 0.4) is 0 Å². The van der Waals surface area contributed by atoms with E-state index in [0.29, 0.717) is 65.1 Å². The first kappa shape index (κ1) is 52.4. The van der Waals surface area contributed by atoms with E-state index in [1.165, 1.54) is 31.7 Å². The highest BCUT2D eigenvalue weighted by atomic mass is 16.5. The molecule has 3 N–H and O–H groups in total. The quantitative estimate of drug-likeness (QED) is 0.173. The van der Waals surface area contributed by atoms with Gasteiger partial charge in [-0.05, 0) is 221 Å². The zero-order chi connectivity index (χ0) is 50.8. The van der Waals surface area contributed by atoms with E-state index in [9.17, 15) is 24.3 Å². The maximum atomic E-state index is 12.7. The molecule has 7 saturated carbocycles. The summed E-state index contributed by atoms with van der Waals surface area (Å²) in [5, 5.41) is 12.4. The zero-order valence-corrected chi connectivity index (χ0v) is 44.8. The molecule has 7 fully saturated rings. The average Bonchev–Trinajstić information content (AvgIpc) is 3.82. The van der Waals surface area contributed by atoms with Crippen molar-refractivity contribution in [2.75, 3.05) is 0 Å². The standard InChI is InChI=1S/C31H46O5.C30H43NO4/c1-19(2)16-20(3)28(33)36-23-10-13-29(4)22(17-23)7-8-26-25(29)11-14-30(5)24(12-15-31(26,30)34)21-6-9-27(32)35-18-21;1-18(2)15-26(31)28(33)35-21-11-13-29(3)20(16-21)6-7-22-24-9-8-23(19-5-10-27(32)34-17-19)30(24,4)14-12-25(22)29/h6,9,18-20,22-26,34H,7-8,10-17H2,1-5H3;5,9-10,17-18,20-23,25-26H,6-8,11-16,31H2,1-4H3/t20-,22+,23-,24+,25-,26+,29-,30+,31-;20-,21+,22+,23-,25+,26+,29+,30-/m01/s1. The summed E-state index contributed by atoms with van der Waals surface area (Å²) in [5.74, 6) is 4.58. The first-order valence-corrected chi connectivity index (χ1v) is 28.4. The number of hydrogen-bond donors (Lipinski definition) is 2. The summed E-state index contributed by atoms with van der Waals surface area (Å²) in [5.41, 5.74) is 9.18. The molecule has 2 heterocycles. The van der Waals surface area contributed by atoms with Crippen LogP contribution in [-0.4, -0.2) is 40.9 Å². The first-order chi connectivity index (χ1) is 33.6. The van der Waals surface area contributed by atoms with Crippen LogP contribution in [0.2, 0.25) is 0 Å². The Hall–Kier alpha value is -3.50. The van der Waals surface area contributed by atoms with Crippen LogP contribution in [0.15, 0.2) is 66.9 Å². The number of rotatable bonds is 10. The summed E-state index contributed by atoms with van der Waals surface area (Å²) in [4.78, 5) is 48.3. The number of aliphatic hydroxyl groups is 1. The molecule has 10 nitrogen and oxygen atoms in total. The fourth-order valence-corrected chi connectivity index (χ4v) is 18.1. The molecule has 17 atom stereocenters. The van der Waals surface area contributed by atoms with E-state index in [2.05, 4.69) is 61.5 Å². The van der Waals surface area contributed by atoms with Crippen LogP contribution in [0.5, 0.6) is 0 Å². The van der Waals surface area contributed by atoms with Gasteiger partial charge >= 0.3 is 23.2 Å². The Morgan fingerprint density at radius 2 is 1.21 bits per heavy atom. The van der Waals surface area contributed by atoms with Gasteiger partial charge < -0.3 is 29.1 Å². The summed E-state index contributed by atoms with van der Waals surface area (Å²) in [6.07, 6.45) is 25.5. The number of allylic oxidation sites excluding steroid dienone is 2. The van der Waals surface area contributed by atoms with E-state index in [4.69, 9.17) is 24.0 Å². The molecule has 71 heavy (non-hydrogen) atoms. The highest BCUT2D eigenvalue weighted by Crippen LogP contribution is 2.71. The van der Waals surface area contributed by atoms with Crippen LogP contribution in [-0.2, 0) is 19.1 Å². The van der Waals surface area contributed by atoms with E-state index < -0.39 is 11.6 Å². The van der Waals surface area contributed by atoms with Crippen LogP contribution < -0.4 is 17.0 Å². The zero-order valence-electron chi connectivity index (χ0n) is 44.8.